The van der Waals surface area contributed by atoms with E-state index in [9.17, 15) is 0 Å². The van der Waals surface area contributed by atoms with E-state index in [1.54, 1.807) is 7.11 Å². The van der Waals surface area contributed by atoms with E-state index in [2.05, 4.69) is 25.9 Å². The number of hydrogen-bond acceptors (Lipinski definition) is 6. The van der Waals surface area contributed by atoms with Crippen molar-refractivity contribution in [1.29, 1.82) is 0 Å². The molecule has 5 nitrogen and oxygen atoms in total. The molecule has 3 rings (SSSR count). The summed E-state index contributed by atoms with van der Waals surface area (Å²) in [7, 11) is 1.62. The molecule has 2 heterocycles. The highest BCUT2D eigenvalue weighted by Crippen LogP contribution is 2.30. The molecular formula is C14H12BrN3O2S. The molecular weight excluding hydrogens is 354 g/mol. The first-order valence-corrected chi connectivity index (χ1v) is 7.80. The zero-order valence-corrected chi connectivity index (χ0v) is 13.6. The van der Waals surface area contributed by atoms with Crippen molar-refractivity contribution in [2.24, 2.45) is 0 Å². The summed E-state index contributed by atoms with van der Waals surface area (Å²) in [4.78, 5) is 9.57. The van der Waals surface area contributed by atoms with E-state index >= 15 is 0 Å². The highest BCUT2D eigenvalue weighted by Gasteiger charge is 2.08. The van der Waals surface area contributed by atoms with Gasteiger partial charge in [-0.25, -0.2) is 9.97 Å². The Morgan fingerprint density at radius 1 is 1.29 bits per heavy atom. The zero-order valence-electron chi connectivity index (χ0n) is 11.2. The van der Waals surface area contributed by atoms with Gasteiger partial charge in [0.1, 0.15) is 28.8 Å². The van der Waals surface area contributed by atoms with Crippen LogP contribution in [0.15, 0.2) is 34.1 Å². The summed E-state index contributed by atoms with van der Waals surface area (Å²) in [6.07, 6.45) is 0. The van der Waals surface area contributed by atoms with E-state index in [0.717, 1.165) is 20.4 Å². The van der Waals surface area contributed by atoms with E-state index in [4.69, 9.17) is 15.2 Å². The fourth-order valence-electron chi connectivity index (χ4n) is 1.86. The molecule has 0 bridgehead atoms. The zero-order chi connectivity index (χ0) is 14.8. The number of rotatable bonds is 4. The first-order valence-electron chi connectivity index (χ1n) is 6.13. The molecule has 0 amide bonds. The van der Waals surface area contributed by atoms with Gasteiger partial charge in [0, 0.05) is 0 Å². The van der Waals surface area contributed by atoms with Crippen molar-refractivity contribution in [2.75, 3.05) is 12.8 Å². The lowest BCUT2D eigenvalue weighted by atomic mass is 10.3. The molecule has 0 aliphatic carbocycles. The number of benzene rings is 1. The molecule has 0 saturated carbocycles. The fourth-order valence-corrected chi connectivity index (χ4v) is 3.12. The molecule has 21 heavy (non-hydrogen) atoms. The third-order valence-corrected chi connectivity index (χ3v) is 4.32. The number of ether oxygens (including phenoxy) is 2. The number of thiophene rings is 1. The second-order valence-electron chi connectivity index (χ2n) is 4.25. The number of nitrogens with zero attached hydrogens (tertiary/aromatic N) is 2. The molecule has 3 aromatic rings. The van der Waals surface area contributed by atoms with Gasteiger partial charge in [0.2, 0.25) is 0 Å². The van der Waals surface area contributed by atoms with Gasteiger partial charge >= 0.3 is 0 Å². The lowest BCUT2D eigenvalue weighted by molar-refractivity contribution is 0.294. The maximum Gasteiger partial charge on any atom is 0.169 e. The number of halogens is 1. The average molecular weight is 366 g/mol. The fraction of sp³-hybridized carbons (Fsp3) is 0.143. The second-order valence-corrected chi connectivity index (χ2v) is 6.00. The van der Waals surface area contributed by atoms with Crippen LogP contribution in [0.4, 0.5) is 5.82 Å². The highest BCUT2D eigenvalue weighted by molar-refractivity contribution is 9.10. The maximum atomic E-state index is 5.91. The van der Waals surface area contributed by atoms with Gasteiger partial charge in [0.15, 0.2) is 5.82 Å². The summed E-state index contributed by atoms with van der Waals surface area (Å²) in [5.41, 5.74) is 5.91. The minimum absolute atomic E-state index is 0.253. The lowest BCUT2D eigenvalue weighted by Crippen LogP contribution is -2.04. The van der Waals surface area contributed by atoms with Crippen molar-refractivity contribution < 1.29 is 9.47 Å². The molecule has 0 saturated heterocycles. The van der Waals surface area contributed by atoms with Crippen LogP contribution >= 0.6 is 27.3 Å². The number of nitrogen functional groups attached to an aromatic ring is 1. The number of nitrogens with two attached hydrogens (primary N) is 1. The van der Waals surface area contributed by atoms with Crippen molar-refractivity contribution in [3.05, 3.63) is 39.9 Å². The molecule has 1 aromatic carbocycles. The summed E-state index contributed by atoms with van der Waals surface area (Å²) in [6.45, 7) is 0.253. The number of methoxy groups -OCH3 is 1. The van der Waals surface area contributed by atoms with Crippen molar-refractivity contribution >= 4 is 43.3 Å². The van der Waals surface area contributed by atoms with Crippen molar-refractivity contribution in [1.82, 2.24) is 9.97 Å². The first-order chi connectivity index (χ1) is 10.2. The minimum Gasteiger partial charge on any atom is -0.497 e. The smallest absolute Gasteiger partial charge is 0.169 e. The van der Waals surface area contributed by atoms with E-state index in [1.165, 1.54) is 11.3 Å². The minimum atomic E-state index is 0.253. The molecule has 2 N–H and O–H groups in total. The van der Waals surface area contributed by atoms with Crippen LogP contribution in [0.5, 0.6) is 11.5 Å². The topological polar surface area (TPSA) is 70.3 Å². The molecule has 0 radical (unpaired) electrons. The summed E-state index contributed by atoms with van der Waals surface area (Å²) in [5, 5.41) is 2.83. The Morgan fingerprint density at radius 3 is 2.90 bits per heavy atom. The molecule has 0 fully saturated rings. The van der Waals surface area contributed by atoms with Gasteiger partial charge in [0.05, 0.1) is 17.0 Å². The van der Waals surface area contributed by atoms with E-state index in [-0.39, 0.29) is 6.61 Å². The highest BCUT2D eigenvalue weighted by atomic mass is 79.9. The molecule has 0 spiro atoms. The second kappa shape index (κ2) is 5.87. The monoisotopic (exact) mass is 365 g/mol. The molecule has 7 heteroatoms. The Kier molecular flexibility index (Phi) is 3.94. The number of anilines is 1. The van der Waals surface area contributed by atoms with Gasteiger partial charge in [-0.3, -0.25) is 0 Å². The Labute approximate surface area is 133 Å². The van der Waals surface area contributed by atoms with Crippen LogP contribution in [0.2, 0.25) is 0 Å². The van der Waals surface area contributed by atoms with E-state index in [0.29, 0.717) is 17.4 Å². The SMILES string of the molecule is COc1ccc(OCc2nc(N)c3ccsc3n2)c(Br)c1. The molecule has 108 valence electrons. The van der Waals surface area contributed by atoms with Crippen molar-refractivity contribution in [3.63, 3.8) is 0 Å². The molecule has 2 aromatic heterocycles. The first kappa shape index (κ1) is 14.1. The normalized spacial score (nSPS) is 10.8. The summed E-state index contributed by atoms with van der Waals surface area (Å²) < 4.78 is 11.7. The number of hydrogen-bond donors (Lipinski definition) is 1. The van der Waals surface area contributed by atoms with Crippen molar-refractivity contribution in [2.45, 2.75) is 6.61 Å². The predicted molar refractivity (Wildman–Crippen MR) is 86.9 cm³/mol. The van der Waals surface area contributed by atoms with Gasteiger partial charge < -0.3 is 15.2 Å². The Hall–Kier alpha value is -1.86. The van der Waals surface area contributed by atoms with Crippen LogP contribution in [-0.4, -0.2) is 17.1 Å². The maximum absolute atomic E-state index is 5.91. The van der Waals surface area contributed by atoms with Gasteiger partial charge in [-0.1, -0.05) is 0 Å². The lowest BCUT2D eigenvalue weighted by Gasteiger charge is -2.09. The Bertz CT molecular complexity index is 791. The van der Waals surface area contributed by atoms with Gasteiger partial charge in [-0.2, -0.15) is 0 Å². The molecule has 0 aliphatic rings. The standard InChI is InChI=1S/C14H12BrN3O2S/c1-19-8-2-3-11(10(15)6-8)20-7-12-17-13(16)9-4-5-21-14(9)18-12/h2-6H,7H2,1H3,(H2,16,17,18). The number of fused-ring (bicyclic) bond motifs is 1. The van der Waals surface area contributed by atoms with Crippen LogP contribution in [0, 0.1) is 0 Å². The number of aromatic nitrogens is 2. The van der Waals surface area contributed by atoms with Gasteiger partial charge in [0.25, 0.3) is 0 Å². The molecule has 0 unspecified atom stereocenters. The molecule has 0 atom stereocenters. The van der Waals surface area contributed by atoms with E-state index < -0.39 is 0 Å². The predicted octanol–water partition coefficient (Wildman–Crippen LogP) is 3.62. The third-order valence-electron chi connectivity index (χ3n) is 2.90. The Morgan fingerprint density at radius 2 is 2.14 bits per heavy atom. The van der Waals surface area contributed by atoms with Gasteiger partial charge in [-0.05, 0) is 45.6 Å². The quantitative estimate of drug-likeness (QED) is 0.764. The molecule has 0 aliphatic heterocycles. The van der Waals surface area contributed by atoms with Crippen molar-refractivity contribution in [3.8, 4) is 11.5 Å². The average Bonchev–Trinajstić information content (AvgIpc) is 2.95. The van der Waals surface area contributed by atoms with E-state index in [1.807, 2.05) is 29.6 Å². The summed E-state index contributed by atoms with van der Waals surface area (Å²) in [6, 6.07) is 7.42. The van der Waals surface area contributed by atoms with Gasteiger partial charge in [-0.15, -0.1) is 11.3 Å². The largest absolute Gasteiger partial charge is 0.497 e. The van der Waals surface area contributed by atoms with Crippen LogP contribution in [0.3, 0.4) is 0 Å². The Balaban J connectivity index is 1.80. The van der Waals surface area contributed by atoms with Crippen LogP contribution in [0.1, 0.15) is 5.82 Å². The summed E-state index contributed by atoms with van der Waals surface area (Å²) in [5.74, 6) is 2.50. The van der Waals surface area contributed by atoms with Crippen LogP contribution in [0.25, 0.3) is 10.2 Å². The summed E-state index contributed by atoms with van der Waals surface area (Å²) >= 11 is 4.97. The van der Waals surface area contributed by atoms with Crippen LogP contribution < -0.4 is 15.2 Å². The van der Waals surface area contributed by atoms with Crippen LogP contribution in [-0.2, 0) is 6.61 Å². The third kappa shape index (κ3) is 2.93.